The van der Waals surface area contributed by atoms with Gasteiger partial charge in [-0.15, -0.1) is 17.2 Å². The van der Waals surface area contributed by atoms with Gasteiger partial charge in [0.1, 0.15) is 0 Å². The summed E-state index contributed by atoms with van der Waals surface area (Å²) in [7, 11) is 1.79. The summed E-state index contributed by atoms with van der Waals surface area (Å²) in [4.78, 5) is 0.497. The van der Waals surface area contributed by atoms with E-state index in [1.807, 2.05) is 0 Å². The molecule has 2 aromatic carbocycles. The van der Waals surface area contributed by atoms with E-state index in [0.29, 0.717) is 4.90 Å². The van der Waals surface area contributed by atoms with Crippen LogP contribution in [0.5, 0.6) is 0 Å². The second-order valence-electron chi connectivity index (χ2n) is 5.09. The number of hydrogen-bond acceptors (Lipinski definition) is 0. The molecule has 0 heterocycles. The van der Waals surface area contributed by atoms with Crippen molar-refractivity contribution in [1.29, 1.82) is 0 Å². The summed E-state index contributed by atoms with van der Waals surface area (Å²) in [5, 5.41) is 3.02. The van der Waals surface area contributed by atoms with E-state index in [9.17, 15) is 0 Å². The number of hydrogen-bond donors (Lipinski definition) is 0. The first kappa shape index (κ1) is 16.1. The fourth-order valence-electron chi connectivity index (χ4n) is 2.15. The summed E-state index contributed by atoms with van der Waals surface area (Å²) in [5.41, 5.74) is 0. The van der Waals surface area contributed by atoms with Crippen LogP contribution < -0.4 is 10.6 Å². The van der Waals surface area contributed by atoms with Crippen molar-refractivity contribution in [2.24, 2.45) is 0 Å². The van der Waals surface area contributed by atoms with Crippen LogP contribution in [0.15, 0.2) is 60.7 Å². The summed E-state index contributed by atoms with van der Waals surface area (Å²) >= 11 is 0. The Morgan fingerprint density at radius 2 is 1.20 bits per heavy atom. The first-order valence-electron chi connectivity index (χ1n) is 6.94. The van der Waals surface area contributed by atoms with Crippen molar-refractivity contribution < 1.29 is 0 Å². The Morgan fingerprint density at radius 1 is 0.800 bits per heavy atom. The van der Waals surface area contributed by atoms with E-state index >= 15 is 0 Å². The van der Waals surface area contributed by atoms with Crippen molar-refractivity contribution in [3.63, 3.8) is 0 Å². The molecule has 0 aliphatic heterocycles. The van der Waals surface area contributed by atoms with Gasteiger partial charge in [0.2, 0.25) is 0 Å². The highest BCUT2D eigenvalue weighted by molar-refractivity contribution is 7.74. The molecule has 0 aliphatic carbocycles. The highest BCUT2D eigenvalue weighted by Gasteiger charge is 2.26. The highest BCUT2D eigenvalue weighted by atomic mass is 31.1. The van der Waals surface area contributed by atoms with Gasteiger partial charge < -0.3 is 0 Å². The molecule has 0 saturated carbocycles. The van der Waals surface area contributed by atoms with Gasteiger partial charge in [0.15, 0.2) is 0 Å². The lowest BCUT2D eigenvalue weighted by Crippen LogP contribution is -2.24. The van der Waals surface area contributed by atoms with Crippen molar-refractivity contribution in [1.82, 2.24) is 0 Å². The van der Waals surface area contributed by atoms with Gasteiger partial charge in [-0.3, -0.25) is 0 Å². The molecule has 2 atom stereocenters. The normalized spacial score (nSPS) is 15.4. The summed E-state index contributed by atoms with van der Waals surface area (Å²) in [6.45, 7) is 7.19. The van der Waals surface area contributed by atoms with Crippen LogP contribution in [0.1, 0.15) is 6.92 Å². The molecule has 0 amide bonds. The molecule has 0 bridgehead atoms. The summed E-state index contributed by atoms with van der Waals surface area (Å²) < 4.78 is 0. The van der Waals surface area contributed by atoms with E-state index < -0.39 is 0 Å². The fraction of sp³-hybridized carbons (Fsp3) is 0.294. The molecule has 0 spiro atoms. The van der Waals surface area contributed by atoms with Crippen molar-refractivity contribution in [3.05, 3.63) is 60.7 Å². The minimum atomic E-state index is -0.237. The van der Waals surface area contributed by atoms with Crippen LogP contribution in [0.25, 0.3) is 0 Å². The first-order valence-corrected chi connectivity index (χ1v) is 11.5. The van der Waals surface area contributed by atoms with Gasteiger partial charge >= 0.3 is 0 Å². The van der Waals surface area contributed by atoms with Gasteiger partial charge in [-0.2, -0.15) is 0 Å². The first-order chi connectivity index (χ1) is 9.68. The van der Waals surface area contributed by atoms with Gasteiger partial charge in [0.25, 0.3) is 0 Å². The van der Waals surface area contributed by atoms with Crippen LogP contribution in [0, 0.1) is 0 Å². The largest absolute Gasteiger partial charge is 0.114 e. The van der Waals surface area contributed by atoms with Crippen LogP contribution in [-0.2, 0) is 0 Å². The third-order valence-corrected chi connectivity index (χ3v) is 11.2. The molecular weight excluding hydrogens is 297 g/mol. The molecule has 0 radical (unpaired) electrons. The highest BCUT2D eigenvalue weighted by Crippen LogP contribution is 2.51. The maximum absolute atomic E-state index is 2.46. The quantitative estimate of drug-likeness (QED) is 0.690. The summed E-state index contributed by atoms with van der Waals surface area (Å²) in [6, 6.07) is 22.1. The Morgan fingerprint density at radius 3 is 1.55 bits per heavy atom. The van der Waals surface area contributed by atoms with E-state index in [-0.39, 0.29) is 7.92 Å². The fourth-order valence-corrected chi connectivity index (χ4v) is 7.72. The van der Waals surface area contributed by atoms with Gasteiger partial charge in [-0.05, 0) is 38.0 Å². The lowest BCUT2D eigenvalue weighted by Gasteiger charge is -2.32. The van der Waals surface area contributed by atoms with Crippen molar-refractivity contribution in [2.75, 3.05) is 19.5 Å². The van der Waals surface area contributed by atoms with Crippen molar-refractivity contribution in [2.45, 2.75) is 11.8 Å². The molecule has 0 N–H and O–H groups in total. The zero-order chi connectivity index (χ0) is 14.4. The van der Waals surface area contributed by atoms with E-state index in [4.69, 9.17) is 0 Å². The minimum Gasteiger partial charge on any atom is -0.114 e. The van der Waals surface area contributed by atoms with Gasteiger partial charge in [0.05, 0.1) is 0 Å². The van der Waals surface area contributed by atoms with Gasteiger partial charge in [0, 0.05) is 4.90 Å². The third-order valence-electron chi connectivity index (χ3n) is 3.71. The van der Waals surface area contributed by atoms with Crippen molar-refractivity contribution in [3.8, 4) is 0 Å². The van der Waals surface area contributed by atoms with Crippen LogP contribution in [-0.4, -0.2) is 24.4 Å². The summed E-state index contributed by atoms with van der Waals surface area (Å²) in [6.07, 6.45) is 1.31. The van der Waals surface area contributed by atoms with E-state index in [0.717, 1.165) is 17.2 Å². The van der Waals surface area contributed by atoms with Crippen LogP contribution >= 0.6 is 25.1 Å². The predicted octanol–water partition coefficient (Wildman–Crippen LogP) is 4.45. The molecule has 3 heteroatoms. The Bertz CT molecular complexity index is 467. The molecule has 0 aromatic heterocycles. The average molecular weight is 320 g/mol. The standard InChI is InChI=1S/C17H23P3/c1-17(18-2,19-3)14-20(15-10-6-4-7-11-15)16-12-8-5-9-13-16/h4-13,18-19H,14H2,1-3H3. The van der Waals surface area contributed by atoms with E-state index in [1.165, 1.54) is 16.8 Å². The Balaban J connectivity index is 2.35. The van der Waals surface area contributed by atoms with Crippen LogP contribution in [0.3, 0.4) is 0 Å². The second-order valence-corrected chi connectivity index (χ2v) is 11.0. The molecule has 2 aromatic rings. The molecule has 2 rings (SSSR count). The van der Waals surface area contributed by atoms with Crippen LogP contribution in [0.2, 0.25) is 0 Å². The molecule has 0 saturated heterocycles. The van der Waals surface area contributed by atoms with E-state index in [1.54, 1.807) is 0 Å². The predicted molar refractivity (Wildman–Crippen MR) is 101 cm³/mol. The lowest BCUT2D eigenvalue weighted by atomic mass is 10.4. The molecule has 0 nitrogen and oxygen atoms in total. The number of rotatable bonds is 6. The summed E-state index contributed by atoms with van der Waals surface area (Å²) in [5.74, 6) is 0. The minimum absolute atomic E-state index is 0.237. The molecule has 106 valence electrons. The lowest BCUT2D eigenvalue weighted by molar-refractivity contribution is 1.03. The molecule has 0 aliphatic rings. The maximum Gasteiger partial charge on any atom is 0.00614 e. The zero-order valence-corrected chi connectivity index (χ0v) is 15.3. The Hall–Kier alpha value is -0.270. The molecule has 0 fully saturated rings. The van der Waals surface area contributed by atoms with Crippen LogP contribution in [0.4, 0.5) is 0 Å². The average Bonchev–Trinajstić information content (AvgIpc) is 2.54. The van der Waals surface area contributed by atoms with Gasteiger partial charge in [-0.1, -0.05) is 67.6 Å². The Labute approximate surface area is 128 Å². The SMILES string of the molecule is CPC(C)(CP(c1ccccc1)c1ccccc1)PC. The molecular formula is C17H23P3. The number of benzene rings is 2. The third kappa shape index (κ3) is 4.11. The van der Waals surface area contributed by atoms with E-state index in [2.05, 4.69) is 80.9 Å². The smallest absolute Gasteiger partial charge is 0.00614 e. The van der Waals surface area contributed by atoms with Gasteiger partial charge in [-0.25, -0.2) is 0 Å². The Kier molecular flexibility index (Phi) is 6.17. The maximum atomic E-state index is 2.46. The molecule has 20 heavy (non-hydrogen) atoms. The van der Waals surface area contributed by atoms with Crippen molar-refractivity contribution >= 4 is 35.7 Å². The topological polar surface area (TPSA) is 0 Å². The monoisotopic (exact) mass is 320 g/mol. The second kappa shape index (κ2) is 7.66. The zero-order valence-electron chi connectivity index (χ0n) is 12.4. The molecule has 2 unspecified atom stereocenters.